The fraction of sp³-hybridized carbons (Fsp3) is 0.286. The van der Waals surface area contributed by atoms with E-state index >= 15 is 0 Å². The maximum atomic E-state index is 12.5. The fourth-order valence-electron chi connectivity index (χ4n) is 2.90. The molecule has 1 atom stereocenters. The molecule has 0 unspecified atom stereocenters. The first-order valence-corrected chi connectivity index (χ1v) is 9.79. The number of hydrogen-bond donors (Lipinski definition) is 1. The molecule has 1 heterocycles. The van der Waals surface area contributed by atoms with Crippen LogP contribution in [-0.2, 0) is 4.79 Å². The zero-order valence-corrected chi connectivity index (χ0v) is 15.9. The van der Waals surface area contributed by atoms with Gasteiger partial charge in [0.15, 0.2) is 0 Å². The number of benzene rings is 2. The van der Waals surface area contributed by atoms with Crippen molar-refractivity contribution in [1.29, 1.82) is 0 Å². The van der Waals surface area contributed by atoms with Crippen LogP contribution in [0.4, 0.5) is 0 Å². The summed E-state index contributed by atoms with van der Waals surface area (Å²) < 4.78 is 0. The van der Waals surface area contributed by atoms with Gasteiger partial charge in [0, 0.05) is 5.39 Å². The van der Waals surface area contributed by atoms with Gasteiger partial charge in [0.1, 0.15) is 11.4 Å². The number of para-hydroxylation sites is 1. The molecule has 0 bridgehead atoms. The Morgan fingerprint density at radius 2 is 1.77 bits per heavy atom. The van der Waals surface area contributed by atoms with Crippen molar-refractivity contribution in [1.82, 2.24) is 15.3 Å². The number of rotatable bonds is 7. The van der Waals surface area contributed by atoms with Gasteiger partial charge in [0.05, 0.1) is 17.3 Å². The molecule has 3 aromatic rings. The Labute approximate surface area is 158 Å². The van der Waals surface area contributed by atoms with Gasteiger partial charge in [-0.3, -0.25) is 4.79 Å². The van der Waals surface area contributed by atoms with E-state index in [4.69, 9.17) is 0 Å². The lowest BCUT2D eigenvalue weighted by Gasteiger charge is -2.21. The molecule has 0 aliphatic rings. The second-order valence-electron chi connectivity index (χ2n) is 6.64. The molecule has 4 nitrogen and oxygen atoms in total. The molecule has 0 aliphatic carbocycles. The first-order chi connectivity index (χ1) is 12.6. The average molecular weight is 366 g/mol. The monoisotopic (exact) mass is 365 g/mol. The zero-order valence-electron chi connectivity index (χ0n) is 15.1. The summed E-state index contributed by atoms with van der Waals surface area (Å²) in [4.78, 5) is 21.1. The average Bonchev–Trinajstić information content (AvgIpc) is 2.66. The third-order valence-corrected chi connectivity index (χ3v) is 5.10. The van der Waals surface area contributed by atoms with Crippen LogP contribution >= 0.6 is 11.8 Å². The van der Waals surface area contributed by atoms with Crippen LogP contribution in [0, 0.1) is 5.92 Å². The lowest BCUT2D eigenvalue weighted by Crippen LogP contribution is -2.30. The van der Waals surface area contributed by atoms with E-state index in [0.29, 0.717) is 11.7 Å². The summed E-state index contributed by atoms with van der Waals surface area (Å²) in [5.41, 5.74) is 2.04. The Hall–Kier alpha value is -2.40. The molecule has 3 rings (SSSR count). The minimum atomic E-state index is 0.0206. The highest BCUT2D eigenvalue weighted by Crippen LogP contribution is 2.25. The summed E-state index contributed by atoms with van der Waals surface area (Å²) >= 11 is 1.45. The van der Waals surface area contributed by atoms with E-state index in [1.807, 2.05) is 42.5 Å². The minimum Gasteiger partial charge on any atom is -0.349 e. The van der Waals surface area contributed by atoms with Crippen molar-refractivity contribution in [3.05, 3.63) is 66.5 Å². The number of carbonyl (C=O) groups excluding carboxylic acids is 1. The number of nitrogens with zero attached hydrogens (tertiary/aromatic N) is 2. The molecule has 134 valence electrons. The second kappa shape index (κ2) is 8.81. The van der Waals surface area contributed by atoms with Gasteiger partial charge in [0.2, 0.25) is 5.91 Å². The summed E-state index contributed by atoms with van der Waals surface area (Å²) in [7, 11) is 0. The SMILES string of the molecule is CC(C)C[C@H](NC(=O)CSc1ncnc2ccccc12)c1ccccc1. The molecule has 1 aromatic heterocycles. The van der Waals surface area contributed by atoms with Crippen molar-refractivity contribution in [3.63, 3.8) is 0 Å². The summed E-state index contributed by atoms with van der Waals surface area (Å²) in [6.45, 7) is 4.34. The van der Waals surface area contributed by atoms with Crippen molar-refractivity contribution < 1.29 is 4.79 Å². The van der Waals surface area contributed by atoms with E-state index in [1.165, 1.54) is 11.8 Å². The quantitative estimate of drug-likeness (QED) is 0.490. The molecule has 0 aliphatic heterocycles. The maximum Gasteiger partial charge on any atom is 0.230 e. The normalized spacial score (nSPS) is 12.3. The van der Waals surface area contributed by atoms with Gasteiger partial charge in [-0.2, -0.15) is 0 Å². The van der Waals surface area contributed by atoms with E-state index in [0.717, 1.165) is 27.9 Å². The highest BCUT2D eigenvalue weighted by molar-refractivity contribution is 8.00. The van der Waals surface area contributed by atoms with Crippen molar-refractivity contribution in [2.24, 2.45) is 5.92 Å². The largest absolute Gasteiger partial charge is 0.349 e. The molecular formula is C21H23N3OS. The topological polar surface area (TPSA) is 54.9 Å². The molecule has 0 saturated carbocycles. The summed E-state index contributed by atoms with van der Waals surface area (Å²) in [5.74, 6) is 0.855. The Kier molecular flexibility index (Phi) is 6.23. The van der Waals surface area contributed by atoms with E-state index in [-0.39, 0.29) is 11.9 Å². The number of hydrogen-bond acceptors (Lipinski definition) is 4. The van der Waals surface area contributed by atoms with Crippen LogP contribution in [0.1, 0.15) is 31.9 Å². The zero-order chi connectivity index (χ0) is 18.4. The van der Waals surface area contributed by atoms with Gasteiger partial charge in [-0.15, -0.1) is 0 Å². The first-order valence-electron chi connectivity index (χ1n) is 8.80. The predicted octanol–water partition coefficient (Wildman–Crippen LogP) is 4.63. The fourth-order valence-corrected chi connectivity index (χ4v) is 3.70. The van der Waals surface area contributed by atoms with E-state index in [2.05, 4.69) is 41.3 Å². The van der Waals surface area contributed by atoms with Crippen molar-refractivity contribution in [2.45, 2.75) is 31.3 Å². The lowest BCUT2D eigenvalue weighted by atomic mass is 9.97. The Morgan fingerprint density at radius 3 is 2.54 bits per heavy atom. The highest BCUT2D eigenvalue weighted by atomic mass is 32.2. The Balaban J connectivity index is 1.66. The predicted molar refractivity (Wildman–Crippen MR) is 107 cm³/mol. The standard InChI is InChI=1S/C21H23N3OS/c1-15(2)12-19(16-8-4-3-5-9-16)24-20(25)13-26-21-17-10-6-7-11-18(17)22-14-23-21/h3-11,14-15,19H,12-13H2,1-2H3,(H,24,25)/t19-/m0/s1. The van der Waals surface area contributed by atoms with Crippen LogP contribution in [0.25, 0.3) is 10.9 Å². The molecule has 0 radical (unpaired) electrons. The molecular weight excluding hydrogens is 342 g/mol. The van der Waals surface area contributed by atoms with E-state index in [1.54, 1.807) is 6.33 Å². The molecule has 1 amide bonds. The van der Waals surface area contributed by atoms with Crippen LogP contribution in [0.15, 0.2) is 66.0 Å². The molecule has 1 N–H and O–H groups in total. The molecule has 0 spiro atoms. The number of carbonyl (C=O) groups is 1. The Morgan fingerprint density at radius 1 is 1.04 bits per heavy atom. The summed E-state index contributed by atoms with van der Waals surface area (Å²) in [6, 6.07) is 18.0. The molecule has 5 heteroatoms. The number of thioether (sulfide) groups is 1. The second-order valence-corrected chi connectivity index (χ2v) is 7.61. The number of aromatic nitrogens is 2. The van der Waals surface area contributed by atoms with Crippen LogP contribution in [-0.4, -0.2) is 21.6 Å². The van der Waals surface area contributed by atoms with Crippen LogP contribution in [0.3, 0.4) is 0 Å². The van der Waals surface area contributed by atoms with Gasteiger partial charge >= 0.3 is 0 Å². The van der Waals surface area contributed by atoms with Crippen LogP contribution < -0.4 is 5.32 Å². The van der Waals surface area contributed by atoms with Crippen molar-refractivity contribution in [2.75, 3.05) is 5.75 Å². The first kappa shape index (κ1) is 18.4. The van der Waals surface area contributed by atoms with Crippen molar-refractivity contribution >= 4 is 28.6 Å². The van der Waals surface area contributed by atoms with Crippen LogP contribution in [0.2, 0.25) is 0 Å². The smallest absolute Gasteiger partial charge is 0.230 e. The van der Waals surface area contributed by atoms with E-state index < -0.39 is 0 Å². The molecule has 26 heavy (non-hydrogen) atoms. The number of amides is 1. The van der Waals surface area contributed by atoms with Gasteiger partial charge in [0.25, 0.3) is 0 Å². The van der Waals surface area contributed by atoms with Gasteiger partial charge in [-0.05, 0) is 24.0 Å². The van der Waals surface area contributed by atoms with Gasteiger partial charge in [-0.1, -0.05) is 74.1 Å². The Bertz CT molecular complexity index is 862. The third kappa shape index (κ3) is 4.82. The van der Waals surface area contributed by atoms with Crippen molar-refractivity contribution in [3.8, 4) is 0 Å². The maximum absolute atomic E-state index is 12.5. The van der Waals surface area contributed by atoms with Crippen LogP contribution in [0.5, 0.6) is 0 Å². The lowest BCUT2D eigenvalue weighted by molar-refractivity contribution is -0.119. The van der Waals surface area contributed by atoms with Gasteiger partial charge in [-0.25, -0.2) is 9.97 Å². The molecule has 0 saturated heterocycles. The highest BCUT2D eigenvalue weighted by Gasteiger charge is 2.16. The van der Waals surface area contributed by atoms with E-state index in [9.17, 15) is 4.79 Å². The van der Waals surface area contributed by atoms with Gasteiger partial charge < -0.3 is 5.32 Å². The minimum absolute atomic E-state index is 0.0206. The number of fused-ring (bicyclic) bond motifs is 1. The summed E-state index contributed by atoms with van der Waals surface area (Å²) in [5, 5.41) is 5.00. The third-order valence-electron chi connectivity index (χ3n) is 4.09. The molecule has 2 aromatic carbocycles. The number of nitrogens with one attached hydrogen (secondary N) is 1. The molecule has 0 fully saturated rings. The summed E-state index contributed by atoms with van der Waals surface area (Å²) in [6.07, 6.45) is 2.46.